The maximum Gasteiger partial charge on any atom is 0.323 e. The van der Waals surface area contributed by atoms with E-state index in [1.165, 1.54) is 17.7 Å². The lowest BCUT2D eigenvalue weighted by molar-refractivity contribution is -0.148. The average Bonchev–Trinajstić information content (AvgIpc) is 2.99. The van der Waals surface area contributed by atoms with E-state index in [4.69, 9.17) is 9.84 Å². The van der Waals surface area contributed by atoms with Gasteiger partial charge in [0.15, 0.2) is 0 Å². The Morgan fingerprint density at radius 1 is 1.18 bits per heavy atom. The lowest BCUT2D eigenvalue weighted by atomic mass is 10.3. The monoisotopic (exact) mass is 241 g/mol. The molecule has 0 aromatic rings. The summed E-state index contributed by atoms with van der Waals surface area (Å²) in [5.74, 6) is -1.13. The van der Waals surface area contributed by atoms with Crippen molar-refractivity contribution in [3.05, 3.63) is 0 Å². The number of amides is 1. The number of aliphatic carboxylic acids is 1. The molecule has 2 aliphatic carbocycles. The molecule has 0 aromatic carbocycles. The van der Waals surface area contributed by atoms with Gasteiger partial charge in [0.1, 0.15) is 13.2 Å². The minimum Gasteiger partial charge on any atom is -0.480 e. The molecule has 96 valence electrons. The topological polar surface area (TPSA) is 66.8 Å². The molecule has 5 heteroatoms. The molecule has 2 saturated carbocycles. The van der Waals surface area contributed by atoms with Crippen LogP contribution in [0, 0.1) is 0 Å². The average molecular weight is 241 g/mol. The van der Waals surface area contributed by atoms with Crippen LogP contribution in [0.15, 0.2) is 0 Å². The quantitative estimate of drug-likeness (QED) is 0.754. The van der Waals surface area contributed by atoms with Gasteiger partial charge in [-0.1, -0.05) is 12.8 Å². The molecule has 1 N–H and O–H groups in total. The SMILES string of the molecule is O=C(O)CN(C(=O)COC1CCCC1)C1CC1. The first-order chi connectivity index (χ1) is 8.16. The molecule has 0 aromatic heterocycles. The molecule has 17 heavy (non-hydrogen) atoms. The molecule has 0 aliphatic heterocycles. The zero-order valence-electron chi connectivity index (χ0n) is 9.93. The van der Waals surface area contributed by atoms with E-state index in [1.807, 2.05) is 0 Å². The van der Waals surface area contributed by atoms with Gasteiger partial charge in [0.25, 0.3) is 0 Å². The van der Waals surface area contributed by atoms with Crippen molar-refractivity contribution >= 4 is 11.9 Å². The van der Waals surface area contributed by atoms with Gasteiger partial charge in [-0.05, 0) is 25.7 Å². The van der Waals surface area contributed by atoms with Crippen LogP contribution in [-0.2, 0) is 14.3 Å². The smallest absolute Gasteiger partial charge is 0.323 e. The zero-order valence-corrected chi connectivity index (χ0v) is 9.93. The van der Waals surface area contributed by atoms with Crippen LogP contribution in [0.1, 0.15) is 38.5 Å². The summed E-state index contributed by atoms with van der Waals surface area (Å²) in [4.78, 5) is 24.0. The van der Waals surface area contributed by atoms with Crippen LogP contribution in [0.4, 0.5) is 0 Å². The predicted molar refractivity (Wildman–Crippen MR) is 60.6 cm³/mol. The molecule has 0 radical (unpaired) electrons. The van der Waals surface area contributed by atoms with Crippen LogP contribution in [0.2, 0.25) is 0 Å². The number of hydrogen-bond acceptors (Lipinski definition) is 3. The van der Waals surface area contributed by atoms with Crippen LogP contribution in [0.5, 0.6) is 0 Å². The first kappa shape index (κ1) is 12.4. The maximum absolute atomic E-state index is 11.9. The number of nitrogens with zero attached hydrogens (tertiary/aromatic N) is 1. The van der Waals surface area contributed by atoms with E-state index >= 15 is 0 Å². The molecular weight excluding hydrogens is 222 g/mol. The van der Waals surface area contributed by atoms with Gasteiger partial charge in [-0.2, -0.15) is 0 Å². The molecule has 1 amide bonds. The number of hydrogen-bond donors (Lipinski definition) is 1. The highest BCUT2D eigenvalue weighted by atomic mass is 16.5. The summed E-state index contributed by atoms with van der Waals surface area (Å²) >= 11 is 0. The van der Waals surface area contributed by atoms with Crippen LogP contribution in [0.25, 0.3) is 0 Å². The van der Waals surface area contributed by atoms with E-state index in [1.54, 1.807) is 0 Å². The fourth-order valence-corrected chi connectivity index (χ4v) is 2.28. The van der Waals surface area contributed by atoms with Crippen molar-refractivity contribution in [2.24, 2.45) is 0 Å². The van der Waals surface area contributed by atoms with E-state index < -0.39 is 5.97 Å². The van der Waals surface area contributed by atoms with Gasteiger partial charge in [0.2, 0.25) is 5.91 Å². The molecule has 0 spiro atoms. The number of ether oxygens (including phenoxy) is 1. The summed E-state index contributed by atoms with van der Waals surface area (Å²) in [5, 5.41) is 8.75. The van der Waals surface area contributed by atoms with E-state index in [9.17, 15) is 9.59 Å². The first-order valence-electron chi connectivity index (χ1n) is 6.29. The van der Waals surface area contributed by atoms with Crippen molar-refractivity contribution in [1.29, 1.82) is 0 Å². The highest BCUT2D eigenvalue weighted by Gasteiger charge is 2.34. The maximum atomic E-state index is 11.9. The lowest BCUT2D eigenvalue weighted by Crippen LogP contribution is -2.40. The van der Waals surface area contributed by atoms with Crippen molar-refractivity contribution in [1.82, 2.24) is 4.90 Å². The summed E-state index contributed by atoms with van der Waals surface area (Å²) in [6.07, 6.45) is 6.42. The van der Waals surface area contributed by atoms with E-state index in [-0.39, 0.29) is 31.2 Å². The Balaban J connectivity index is 1.77. The highest BCUT2D eigenvalue weighted by molar-refractivity contribution is 5.82. The third-order valence-corrected chi connectivity index (χ3v) is 3.36. The van der Waals surface area contributed by atoms with E-state index in [0.29, 0.717) is 0 Å². The van der Waals surface area contributed by atoms with Crippen LogP contribution >= 0.6 is 0 Å². The number of carbonyl (C=O) groups excluding carboxylic acids is 1. The Kier molecular flexibility index (Phi) is 3.99. The first-order valence-corrected chi connectivity index (χ1v) is 6.29. The minimum absolute atomic E-state index is 0.0362. The molecule has 2 rings (SSSR count). The summed E-state index contributed by atoms with van der Waals surface area (Å²) in [6, 6.07) is 0.130. The van der Waals surface area contributed by atoms with Crippen LogP contribution in [0.3, 0.4) is 0 Å². The zero-order chi connectivity index (χ0) is 12.3. The van der Waals surface area contributed by atoms with Crippen molar-refractivity contribution in [2.75, 3.05) is 13.2 Å². The van der Waals surface area contributed by atoms with Gasteiger partial charge in [-0.3, -0.25) is 9.59 Å². The number of rotatable bonds is 6. The third kappa shape index (κ3) is 3.70. The van der Waals surface area contributed by atoms with Crippen molar-refractivity contribution in [2.45, 2.75) is 50.7 Å². The number of carbonyl (C=O) groups is 2. The van der Waals surface area contributed by atoms with Gasteiger partial charge in [-0.25, -0.2) is 0 Å². The Morgan fingerprint density at radius 3 is 2.35 bits per heavy atom. The Hall–Kier alpha value is -1.10. The van der Waals surface area contributed by atoms with Gasteiger partial charge in [0.05, 0.1) is 6.10 Å². The second-order valence-corrected chi connectivity index (χ2v) is 4.86. The van der Waals surface area contributed by atoms with Crippen molar-refractivity contribution in [3.8, 4) is 0 Å². The molecule has 2 aliphatic rings. The second-order valence-electron chi connectivity index (χ2n) is 4.86. The molecule has 0 heterocycles. The van der Waals surface area contributed by atoms with Gasteiger partial charge in [0, 0.05) is 6.04 Å². The Bertz CT molecular complexity index is 295. The second kappa shape index (κ2) is 5.49. The third-order valence-electron chi connectivity index (χ3n) is 3.36. The fraction of sp³-hybridized carbons (Fsp3) is 0.833. The van der Waals surface area contributed by atoms with E-state index in [2.05, 4.69) is 0 Å². The Morgan fingerprint density at radius 2 is 1.82 bits per heavy atom. The lowest BCUT2D eigenvalue weighted by Gasteiger charge is -2.21. The standard InChI is InChI=1S/C12H19NO4/c14-11(8-17-10-3-1-2-4-10)13(7-12(15)16)9-5-6-9/h9-10H,1-8H2,(H,15,16). The molecule has 5 nitrogen and oxygen atoms in total. The summed E-state index contributed by atoms with van der Waals surface area (Å²) in [5.41, 5.74) is 0. The molecule has 2 fully saturated rings. The van der Waals surface area contributed by atoms with Gasteiger partial charge in [-0.15, -0.1) is 0 Å². The minimum atomic E-state index is -0.953. The summed E-state index contributed by atoms with van der Waals surface area (Å²) in [6.45, 7) is -0.161. The van der Waals surface area contributed by atoms with E-state index in [0.717, 1.165) is 25.7 Å². The summed E-state index contributed by atoms with van der Waals surface area (Å²) in [7, 11) is 0. The number of carboxylic acids is 1. The highest BCUT2D eigenvalue weighted by Crippen LogP contribution is 2.27. The summed E-state index contributed by atoms with van der Waals surface area (Å²) < 4.78 is 5.52. The molecule has 0 unspecified atom stereocenters. The molecule has 0 bridgehead atoms. The number of carboxylic acid groups (broad SMARTS) is 1. The van der Waals surface area contributed by atoms with Crippen molar-refractivity contribution < 1.29 is 19.4 Å². The fourth-order valence-electron chi connectivity index (χ4n) is 2.28. The van der Waals surface area contributed by atoms with Crippen molar-refractivity contribution in [3.63, 3.8) is 0 Å². The molecule has 0 saturated heterocycles. The normalized spacial score (nSPS) is 20.5. The molecular formula is C12H19NO4. The predicted octanol–water partition coefficient (Wildman–Crippen LogP) is 1.02. The Labute approximate surface area is 101 Å². The molecule has 0 atom stereocenters. The largest absolute Gasteiger partial charge is 0.480 e. The van der Waals surface area contributed by atoms with Crippen LogP contribution in [-0.4, -0.2) is 47.2 Å². The van der Waals surface area contributed by atoms with Gasteiger partial charge < -0.3 is 14.7 Å². The van der Waals surface area contributed by atoms with Crippen LogP contribution < -0.4 is 0 Å². The van der Waals surface area contributed by atoms with Gasteiger partial charge >= 0.3 is 5.97 Å².